The molecule has 0 saturated carbocycles. The number of oxime groups is 1. The van der Waals surface area contributed by atoms with E-state index in [1.807, 2.05) is 18.2 Å². The van der Waals surface area contributed by atoms with Crippen molar-refractivity contribution in [3.63, 3.8) is 0 Å². The first kappa shape index (κ1) is 10.0. The molecule has 1 rings (SSSR count). The highest BCUT2D eigenvalue weighted by atomic mass is 16.6. The van der Waals surface area contributed by atoms with Crippen molar-refractivity contribution < 1.29 is 4.84 Å². The van der Waals surface area contributed by atoms with Gasteiger partial charge in [-0.05, 0) is 23.8 Å². The highest BCUT2D eigenvalue weighted by Gasteiger charge is 1.88. The molecule has 0 atom stereocenters. The minimum absolute atomic E-state index is 0.660. The van der Waals surface area contributed by atoms with Crippen molar-refractivity contribution in [3.8, 4) is 6.07 Å². The smallest absolute Gasteiger partial charge is 0.106 e. The molecule has 0 aromatic heterocycles. The van der Waals surface area contributed by atoms with E-state index >= 15 is 0 Å². The third-order valence-corrected chi connectivity index (χ3v) is 1.58. The Bertz CT molecular complexity index is 371. The molecule has 0 amide bonds. The zero-order chi connectivity index (χ0) is 10.2. The van der Waals surface area contributed by atoms with Crippen molar-refractivity contribution in [2.75, 3.05) is 7.11 Å². The van der Waals surface area contributed by atoms with Gasteiger partial charge in [-0.25, -0.2) is 0 Å². The molecule has 0 aliphatic carbocycles. The van der Waals surface area contributed by atoms with Crippen LogP contribution in [0.2, 0.25) is 0 Å². The number of hydrogen-bond donors (Lipinski definition) is 0. The summed E-state index contributed by atoms with van der Waals surface area (Å²) in [5.41, 5.74) is 1.68. The maximum atomic E-state index is 8.57. The summed E-state index contributed by atoms with van der Waals surface area (Å²) in [6, 6.07) is 9.34. The number of benzene rings is 1. The lowest BCUT2D eigenvalue weighted by atomic mass is 10.1. The first-order valence-corrected chi connectivity index (χ1v) is 4.10. The van der Waals surface area contributed by atoms with Gasteiger partial charge in [-0.1, -0.05) is 23.4 Å². The molecule has 0 unspecified atom stereocenters. The quantitative estimate of drug-likeness (QED) is 0.536. The molecule has 3 nitrogen and oxygen atoms in total. The van der Waals surface area contributed by atoms with Gasteiger partial charge in [-0.15, -0.1) is 0 Å². The maximum absolute atomic E-state index is 8.57. The van der Waals surface area contributed by atoms with Crippen molar-refractivity contribution in [2.45, 2.75) is 0 Å². The van der Waals surface area contributed by atoms with E-state index in [1.165, 1.54) is 7.11 Å². The molecule has 70 valence electrons. The van der Waals surface area contributed by atoms with Crippen LogP contribution in [-0.4, -0.2) is 13.3 Å². The molecule has 0 aliphatic rings. The second-order valence-corrected chi connectivity index (χ2v) is 2.53. The van der Waals surface area contributed by atoms with Crippen LogP contribution in [0, 0.1) is 11.3 Å². The van der Waals surface area contributed by atoms with Crippen molar-refractivity contribution in [3.05, 3.63) is 41.5 Å². The van der Waals surface area contributed by atoms with Gasteiger partial charge < -0.3 is 4.84 Å². The van der Waals surface area contributed by atoms with Crippen molar-refractivity contribution in [2.24, 2.45) is 5.16 Å². The lowest BCUT2D eigenvalue weighted by Gasteiger charge is -1.91. The molecule has 0 fully saturated rings. The van der Waals surface area contributed by atoms with E-state index in [-0.39, 0.29) is 0 Å². The van der Waals surface area contributed by atoms with Gasteiger partial charge in [-0.2, -0.15) is 5.26 Å². The standard InChI is InChI=1S/C11H10N2O/c1-14-13-8-2-3-10-4-6-11(9-12)7-5-10/h2-8H,1H3. The second kappa shape index (κ2) is 5.55. The van der Waals surface area contributed by atoms with Crippen LogP contribution in [0.4, 0.5) is 0 Å². The number of hydrogen-bond acceptors (Lipinski definition) is 3. The monoisotopic (exact) mass is 186 g/mol. The van der Waals surface area contributed by atoms with E-state index in [1.54, 1.807) is 24.4 Å². The number of rotatable bonds is 3. The largest absolute Gasteiger partial charge is 0.399 e. The number of allylic oxidation sites excluding steroid dienone is 1. The van der Waals surface area contributed by atoms with Crippen LogP contribution in [0.15, 0.2) is 35.5 Å². The third kappa shape index (κ3) is 3.11. The van der Waals surface area contributed by atoms with E-state index in [9.17, 15) is 0 Å². The molecule has 0 bridgehead atoms. The molecule has 3 heteroatoms. The Hall–Kier alpha value is -2.08. The minimum atomic E-state index is 0.660. The number of nitriles is 1. The molecule has 0 saturated heterocycles. The van der Waals surface area contributed by atoms with Gasteiger partial charge in [0.05, 0.1) is 17.8 Å². The van der Waals surface area contributed by atoms with Gasteiger partial charge in [0.25, 0.3) is 0 Å². The fourth-order valence-corrected chi connectivity index (χ4v) is 0.919. The van der Waals surface area contributed by atoms with Crippen molar-refractivity contribution in [1.29, 1.82) is 5.26 Å². The average molecular weight is 186 g/mol. The lowest BCUT2D eigenvalue weighted by molar-refractivity contribution is 0.215. The molecule has 0 aliphatic heterocycles. The summed E-state index contributed by atoms with van der Waals surface area (Å²) in [6.07, 6.45) is 5.20. The summed E-state index contributed by atoms with van der Waals surface area (Å²) in [5, 5.41) is 12.1. The summed E-state index contributed by atoms with van der Waals surface area (Å²) in [5.74, 6) is 0. The SMILES string of the molecule is CON=CC=Cc1ccc(C#N)cc1. The summed E-state index contributed by atoms with van der Waals surface area (Å²) in [6.45, 7) is 0. The molecule has 1 aromatic rings. The van der Waals surface area contributed by atoms with Gasteiger partial charge >= 0.3 is 0 Å². The first-order valence-electron chi connectivity index (χ1n) is 4.10. The Labute approximate surface area is 82.9 Å². The fraction of sp³-hybridized carbons (Fsp3) is 0.0909. The van der Waals surface area contributed by atoms with Gasteiger partial charge in [0.1, 0.15) is 7.11 Å². The second-order valence-electron chi connectivity index (χ2n) is 2.53. The van der Waals surface area contributed by atoms with Crippen LogP contribution in [0.5, 0.6) is 0 Å². The molecule has 0 heterocycles. The fourth-order valence-electron chi connectivity index (χ4n) is 0.919. The van der Waals surface area contributed by atoms with Gasteiger partial charge in [0.2, 0.25) is 0 Å². The van der Waals surface area contributed by atoms with Crippen LogP contribution < -0.4 is 0 Å². The molecule has 14 heavy (non-hydrogen) atoms. The summed E-state index contributed by atoms with van der Waals surface area (Å²) < 4.78 is 0. The summed E-state index contributed by atoms with van der Waals surface area (Å²) >= 11 is 0. The Morgan fingerprint density at radius 2 is 2.07 bits per heavy atom. The van der Waals surface area contributed by atoms with E-state index in [0.29, 0.717) is 5.56 Å². The topological polar surface area (TPSA) is 45.4 Å². The normalized spacial score (nSPS) is 10.6. The lowest BCUT2D eigenvalue weighted by Crippen LogP contribution is -1.75. The van der Waals surface area contributed by atoms with Gasteiger partial charge in [0, 0.05) is 0 Å². The van der Waals surface area contributed by atoms with Crippen molar-refractivity contribution >= 4 is 12.3 Å². The first-order chi connectivity index (χ1) is 6.86. The number of nitrogens with zero attached hydrogens (tertiary/aromatic N) is 2. The molecule has 0 radical (unpaired) electrons. The molecule has 0 N–H and O–H groups in total. The summed E-state index contributed by atoms with van der Waals surface area (Å²) in [4.78, 5) is 4.49. The van der Waals surface area contributed by atoms with Crippen molar-refractivity contribution in [1.82, 2.24) is 0 Å². The minimum Gasteiger partial charge on any atom is -0.399 e. The Balaban J connectivity index is 2.65. The molecular formula is C11H10N2O. The maximum Gasteiger partial charge on any atom is 0.106 e. The zero-order valence-electron chi connectivity index (χ0n) is 7.84. The predicted octanol–water partition coefficient (Wildman–Crippen LogP) is 2.20. The van der Waals surface area contributed by atoms with Crippen LogP contribution in [0.25, 0.3) is 6.08 Å². The van der Waals surface area contributed by atoms with Crippen LogP contribution in [0.3, 0.4) is 0 Å². The third-order valence-electron chi connectivity index (χ3n) is 1.58. The van der Waals surface area contributed by atoms with E-state index in [4.69, 9.17) is 5.26 Å². The molecule has 1 aromatic carbocycles. The predicted molar refractivity (Wildman–Crippen MR) is 55.7 cm³/mol. The average Bonchev–Trinajstić information content (AvgIpc) is 2.25. The molecule has 0 spiro atoms. The molecular weight excluding hydrogens is 176 g/mol. The Kier molecular flexibility index (Phi) is 3.96. The zero-order valence-corrected chi connectivity index (χ0v) is 7.84. The Morgan fingerprint density at radius 1 is 1.36 bits per heavy atom. The van der Waals surface area contributed by atoms with Crippen LogP contribution >= 0.6 is 0 Å². The van der Waals surface area contributed by atoms with Gasteiger partial charge in [-0.3, -0.25) is 0 Å². The van der Waals surface area contributed by atoms with E-state index in [2.05, 4.69) is 16.1 Å². The van der Waals surface area contributed by atoms with Gasteiger partial charge in [0.15, 0.2) is 0 Å². The highest BCUT2D eigenvalue weighted by Crippen LogP contribution is 2.04. The van der Waals surface area contributed by atoms with E-state index < -0.39 is 0 Å². The van der Waals surface area contributed by atoms with E-state index in [0.717, 1.165) is 5.56 Å². The Morgan fingerprint density at radius 3 is 2.64 bits per heavy atom. The van der Waals surface area contributed by atoms with Crippen LogP contribution in [-0.2, 0) is 4.84 Å². The summed E-state index contributed by atoms with van der Waals surface area (Å²) in [7, 11) is 1.49. The highest BCUT2D eigenvalue weighted by molar-refractivity contribution is 5.77. The van der Waals surface area contributed by atoms with Crippen LogP contribution in [0.1, 0.15) is 11.1 Å².